The van der Waals surface area contributed by atoms with Gasteiger partial charge in [0.1, 0.15) is 0 Å². The predicted molar refractivity (Wildman–Crippen MR) is 89.0 cm³/mol. The first-order valence-electron chi connectivity index (χ1n) is 8.30. The van der Waals surface area contributed by atoms with Crippen LogP contribution >= 0.6 is 0 Å². The van der Waals surface area contributed by atoms with Crippen molar-refractivity contribution in [1.29, 1.82) is 0 Å². The highest BCUT2D eigenvalue weighted by Gasteiger charge is 2.63. The zero-order valence-electron chi connectivity index (χ0n) is 14.0. The van der Waals surface area contributed by atoms with E-state index in [1.807, 2.05) is 37.3 Å². The van der Waals surface area contributed by atoms with Crippen molar-refractivity contribution in [2.45, 2.75) is 40.0 Å². The average molecular weight is 312 g/mol. The smallest absolute Gasteiger partial charge is 0.310 e. The van der Waals surface area contributed by atoms with Gasteiger partial charge in [-0.1, -0.05) is 57.2 Å². The van der Waals surface area contributed by atoms with Crippen molar-refractivity contribution in [1.82, 2.24) is 0 Å². The third kappa shape index (κ3) is 2.34. The number of hydrogen-bond donors (Lipinski definition) is 1. The number of ketones is 1. The molecule has 3 heteroatoms. The number of fused-ring (bicyclic) bond motifs is 2. The van der Waals surface area contributed by atoms with E-state index in [0.717, 1.165) is 24.0 Å². The zero-order valence-corrected chi connectivity index (χ0v) is 14.0. The molecule has 0 aliphatic heterocycles. The molecule has 2 saturated carbocycles. The van der Waals surface area contributed by atoms with E-state index < -0.39 is 11.9 Å². The third-order valence-corrected chi connectivity index (χ3v) is 6.36. The Balaban J connectivity index is 1.93. The van der Waals surface area contributed by atoms with Crippen LogP contribution in [-0.2, 0) is 16.0 Å². The number of aliphatic carboxylic acids is 1. The molecule has 23 heavy (non-hydrogen) atoms. The molecule has 1 aromatic carbocycles. The molecule has 0 heterocycles. The lowest BCUT2D eigenvalue weighted by atomic mass is 9.70. The first-order chi connectivity index (χ1) is 10.8. The normalized spacial score (nSPS) is 31.5. The SMILES string of the molecule is CC1(C)[C@H]2CC[C@]1(C)C(=O)/C2=C/[C@H](Cc1ccccc1)C(=O)O. The minimum atomic E-state index is -0.861. The molecule has 2 aliphatic rings. The molecule has 0 spiro atoms. The molecule has 0 radical (unpaired) electrons. The first-order valence-corrected chi connectivity index (χ1v) is 8.30. The van der Waals surface area contributed by atoms with Gasteiger partial charge in [0.05, 0.1) is 5.92 Å². The number of hydrogen-bond acceptors (Lipinski definition) is 2. The van der Waals surface area contributed by atoms with Crippen LogP contribution in [0.15, 0.2) is 42.0 Å². The van der Waals surface area contributed by atoms with Gasteiger partial charge in [0.2, 0.25) is 0 Å². The highest BCUT2D eigenvalue weighted by atomic mass is 16.4. The van der Waals surface area contributed by atoms with Gasteiger partial charge in [0, 0.05) is 5.41 Å². The van der Waals surface area contributed by atoms with Crippen LogP contribution in [0.5, 0.6) is 0 Å². The molecule has 122 valence electrons. The standard InChI is InChI=1S/C20H24O3/c1-19(2)16-9-10-20(19,3)17(21)15(16)12-14(18(22)23)11-13-7-5-4-6-8-13/h4-8,12,14,16H,9-11H2,1-3H3,(H,22,23)/b15-12+/t14-,16-,20+/m0/s1. The van der Waals surface area contributed by atoms with Gasteiger partial charge >= 0.3 is 5.97 Å². The number of allylic oxidation sites excluding steroid dienone is 1. The molecule has 0 amide bonds. The van der Waals surface area contributed by atoms with E-state index in [9.17, 15) is 14.7 Å². The van der Waals surface area contributed by atoms with Crippen molar-refractivity contribution in [2.75, 3.05) is 0 Å². The molecule has 0 saturated heterocycles. The summed E-state index contributed by atoms with van der Waals surface area (Å²) in [6.45, 7) is 6.34. The number of carboxylic acids is 1. The van der Waals surface area contributed by atoms with E-state index in [-0.39, 0.29) is 22.5 Å². The molecule has 2 aliphatic carbocycles. The summed E-state index contributed by atoms with van der Waals surface area (Å²) in [6, 6.07) is 9.60. The van der Waals surface area contributed by atoms with Gasteiger partial charge in [-0.3, -0.25) is 9.59 Å². The molecule has 3 atom stereocenters. The summed E-state index contributed by atoms with van der Waals surface area (Å²) in [6.07, 6.45) is 4.07. The lowest BCUT2D eigenvalue weighted by molar-refractivity contribution is -0.140. The summed E-state index contributed by atoms with van der Waals surface area (Å²) in [5, 5.41) is 9.59. The van der Waals surface area contributed by atoms with E-state index in [1.165, 1.54) is 0 Å². The van der Waals surface area contributed by atoms with Crippen LogP contribution in [0.4, 0.5) is 0 Å². The minimum Gasteiger partial charge on any atom is -0.481 e. The van der Waals surface area contributed by atoms with Crippen molar-refractivity contribution >= 4 is 11.8 Å². The van der Waals surface area contributed by atoms with E-state index in [2.05, 4.69) is 13.8 Å². The van der Waals surface area contributed by atoms with Gasteiger partial charge < -0.3 is 5.11 Å². The molecule has 3 nitrogen and oxygen atoms in total. The van der Waals surface area contributed by atoms with Gasteiger partial charge in [-0.25, -0.2) is 0 Å². The number of carbonyl (C=O) groups is 2. The second kappa shape index (κ2) is 5.33. The molecule has 1 aromatic rings. The molecule has 0 unspecified atom stereocenters. The summed E-state index contributed by atoms with van der Waals surface area (Å²) >= 11 is 0. The van der Waals surface area contributed by atoms with Gasteiger partial charge in [0.25, 0.3) is 0 Å². The Morgan fingerprint density at radius 1 is 1.30 bits per heavy atom. The number of benzene rings is 1. The average Bonchev–Trinajstić information content (AvgIpc) is 2.81. The van der Waals surface area contributed by atoms with Gasteiger partial charge in [-0.2, -0.15) is 0 Å². The fourth-order valence-corrected chi connectivity index (χ4v) is 4.42. The predicted octanol–water partition coefficient (Wildman–Crippen LogP) is 3.88. The van der Waals surface area contributed by atoms with Crippen LogP contribution in [0.2, 0.25) is 0 Å². The summed E-state index contributed by atoms with van der Waals surface area (Å²) in [4.78, 5) is 24.5. The Morgan fingerprint density at radius 3 is 2.48 bits per heavy atom. The van der Waals surface area contributed by atoms with Gasteiger partial charge in [0.15, 0.2) is 5.78 Å². The van der Waals surface area contributed by atoms with E-state index in [0.29, 0.717) is 6.42 Å². The second-order valence-corrected chi connectivity index (χ2v) is 7.73. The van der Waals surface area contributed by atoms with E-state index in [1.54, 1.807) is 6.08 Å². The maximum atomic E-state index is 12.9. The van der Waals surface area contributed by atoms with Crippen molar-refractivity contribution in [3.8, 4) is 0 Å². The molecular formula is C20H24O3. The third-order valence-electron chi connectivity index (χ3n) is 6.36. The van der Waals surface area contributed by atoms with Crippen molar-refractivity contribution in [2.24, 2.45) is 22.7 Å². The molecule has 0 aromatic heterocycles. The monoisotopic (exact) mass is 312 g/mol. The Hall–Kier alpha value is -1.90. The zero-order chi connectivity index (χ0) is 16.8. The highest BCUT2D eigenvalue weighted by Crippen LogP contribution is 2.65. The van der Waals surface area contributed by atoms with E-state index in [4.69, 9.17) is 0 Å². The lowest BCUT2D eigenvalue weighted by Gasteiger charge is -2.31. The van der Waals surface area contributed by atoms with Crippen molar-refractivity contribution in [3.05, 3.63) is 47.5 Å². The fraction of sp³-hybridized carbons (Fsp3) is 0.500. The maximum absolute atomic E-state index is 12.9. The van der Waals surface area contributed by atoms with Crippen LogP contribution in [0.1, 0.15) is 39.2 Å². The molecular weight excluding hydrogens is 288 g/mol. The second-order valence-electron chi connectivity index (χ2n) is 7.73. The Morgan fingerprint density at radius 2 is 1.96 bits per heavy atom. The van der Waals surface area contributed by atoms with E-state index >= 15 is 0 Å². The Bertz CT molecular complexity index is 671. The summed E-state index contributed by atoms with van der Waals surface area (Å²) in [5.41, 5.74) is 1.33. The largest absolute Gasteiger partial charge is 0.481 e. The number of Topliss-reactive ketones (excluding diaryl/α,β-unsaturated/α-hetero) is 1. The topological polar surface area (TPSA) is 54.4 Å². The molecule has 2 bridgehead atoms. The van der Waals surface area contributed by atoms with Crippen LogP contribution in [-0.4, -0.2) is 16.9 Å². The molecule has 2 fully saturated rings. The van der Waals surface area contributed by atoms with Crippen LogP contribution in [0.3, 0.4) is 0 Å². The number of carboxylic acid groups (broad SMARTS) is 1. The van der Waals surface area contributed by atoms with Gasteiger partial charge in [-0.05, 0) is 41.7 Å². The number of carbonyl (C=O) groups excluding carboxylic acids is 1. The van der Waals surface area contributed by atoms with Crippen LogP contribution in [0.25, 0.3) is 0 Å². The summed E-state index contributed by atoms with van der Waals surface area (Å²) in [5.74, 6) is -1.15. The quantitative estimate of drug-likeness (QED) is 0.858. The van der Waals surface area contributed by atoms with Crippen molar-refractivity contribution < 1.29 is 14.7 Å². The highest BCUT2D eigenvalue weighted by molar-refractivity contribution is 6.05. The molecule has 1 N–H and O–H groups in total. The lowest BCUT2D eigenvalue weighted by Crippen LogP contribution is -2.32. The number of rotatable bonds is 4. The Kier molecular flexibility index (Phi) is 3.70. The van der Waals surface area contributed by atoms with Crippen LogP contribution < -0.4 is 0 Å². The van der Waals surface area contributed by atoms with Crippen LogP contribution in [0, 0.1) is 22.7 Å². The first kappa shape index (κ1) is 16.0. The minimum absolute atomic E-state index is 0.0777. The van der Waals surface area contributed by atoms with Gasteiger partial charge in [-0.15, -0.1) is 0 Å². The Labute approximate surface area is 137 Å². The molecule has 3 rings (SSSR count). The summed E-state index contributed by atoms with van der Waals surface area (Å²) < 4.78 is 0. The fourth-order valence-electron chi connectivity index (χ4n) is 4.42. The van der Waals surface area contributed by atoms with Crippen molar-refractivity contribution in [3.63, 3.8) is 0 Å². The maximum Gasteiger partial charge on any atom is 0.310 e. The summed E-state index contributed by atoms with van der Waals surface area (Å²) in [7, 11) is 0.